The molecule has 1 atom stereocenters. The Hall–Kier alpha value is -2.67. The van der Waals surface area contributed by atoms with Crippen LogP contribution < -0.4 is 9.64 Å². The monoisotopic (exact) mass is 347 g/mol. The van der Waals surface area contributed by atoms with Gasteiger partial charge in [0.2, 0.25) is 0 Å². The molecule has 1 heterocycles. The molecule has 2 rings (SSSR count). The van der Waals surface area contributed by atoms with Crippen LogP contribution in [0.1, 0.15) is 18.5 Å². The third-order valence-electron chi connectivity index (χ3n) is 3.75. The van der Waals surface area contributed by atoms with Crippen molar-refractivity contribution in [2.45, 2.75) is 19.5 Å². The van der Waals surface area contributed by atoms with Gasteiger partial charge in [0.15, 0.2) is 5.82 Å². The van der Waals surface area contributed by atoms with Gasteiger partial charge >= 0.3 is 0 Å². The number of halogens is 1. The first-order valence-electron chi connectivity index (χ1n) is 7.80. The van der Waals surface area contributed by atoms with Gasteiger partial charge in [-0.1, -0.05) is 6.58 Å². The van der Waals surface area contributed by atoms with Crippen molar-refractivity contribution < 1.29 is 18.7 Å². The van der Waals surface area contributed by atoms with E-state index in [-0.39, 0.29) is 18.5 Å². The molecule has 1 aromatic carbocycles. The molecule has 1 amide bonds. The lowest BCUT2D eigenvalue weighted by Gasteiger charge is -2.20. The van der Waals surface area contributed by atoms with Crippen LogP contribution >= 0.6 is 0 Å². The quantitative estimate of drug-likeness (QED) is 0.689. The van der Waals surface area contributed by atoms with Crippen molar-refractivity contribution in [1.29, 1.82) is 0 Å². The van der Waals surface area contributed by atoms with Crippen molar-refractivity contribution in [1.82, 2.24) is 9.78 Å². The predicted molar refractivity (Wildman–Crippen MR) is 93.2 cm³/mol. The number of carbonyl (C=O) groups is 1. The molecule has 0 fully saturated rings. The fourth-order valence-corrected chi connectivity index (χ4v) is 2.39. The van der Waals surface area contributed by atoms with E-state index in [1.807, 2.05) is 6.92 Å². The normalized spacial score (nSPS) is 11.8. The molecule has 134 valence electrons. The number of ether oxygens (including phenoxy) is 2. The molecule has 1 unspecified atom stereocenters. The number of hydrogen-bond donors (Lipinski definition) is 0. The third-order valence-corrected chi connectivity index (χ3v) is 3.75. The number of carbonyl (C=O) groups excluding carboxylic acids is 1. The molecule has 0 spiro atoms. The summed E-state index contributed by atoms with van der Waals surface area (Å²) < 4.78 is 26.1. The van der Waals surface area contributed by atoms with Crippen molar-refractivity contribution in [3.63, 3.8) is 0 Å². The minimum absolute atomic E-state index is 0.00740. The van der Waals surface area contributed by atoms with Crippen LogP contribution in [0.3, 0.4) is 0 Å². The van der Waals surface area contributed by atoms with Crippen LogP contribution in [0.2, 0.25) is 0 Å². The largest absolute Gasteiger partial charge is 0.497 e. The van der Waals surface area contributed by atoms with Crippen LogP contribution in [0.25, 0.3) is 0 Å². The molecule has 0 bridgehead atoms. The number of aromatic nitrogens is 2. The predicted octanol–water partition coefficient (Wildman–Crippen LogP) is 2.96. The maximum atomic E-state index is 14.1. The van der Waals surface area contributed by atoms with Gasteiger partial charge < -0.3 is 9.47 Å². The molecule has 2 aromatic rings. The Kier molecular flexibility index (Phi) is 6.30. The summed E-state index contributed by atoms with van der Waals surface area (Å²) in [6.07, 6.45) is 2.93. The first-order valence-corrected chi connectivity index (χ1v) is 7.80. The summed E-state index contributed by atoms with van der Waals surface area (Å²) >= 11 is 0. The molecule has 0 saturated carbocycles. The van der Waals surface area contributed by atoms with Crippen molar-refractivity contribution in [3.8, 4) is 5.75 Å². The summed E-state index contributed by atoms with van der Waals surface area (Å²) in [5, 5.41) is 4.41. The zero-order valence-electron chi connectivity index (χ0n) is 14.6. The number of methoxy groups -OCH3 is 2. The third kappa shape index (κ3) is 4.45. The van der Waals surface area contributed by atoms with Crippen molar-refractivity contribution in [2.75, 3.05) is 25.7 Å². The number of benzene rings is 1. The number of nitrogens with zero attached hydrogens (tertiary/aromatic N) is 3. The number of amides is 1. The summed E-state index contributed by atoms with van der Waals surface area (Å²) in [6.45, 7) is 5.96. The van der Waals surface area contributed by atoms with Crippen LogP contribution in [0.5, 0.6) is 5.75 Å². The summed E-state index contributed by atoms with van der Waals surface area (Å²) in [5.74, 6) is 0.137. The van der Waals surface area contributed by atoms with Crippen LogP contribution in [-0.2, 0) is 16.1 Å². The second-order valence-corrected chi connectivity index (χ2v) is 5.54. The van der Waals surface area contributed by atoms with Gasteiger partial charge in [-0.3, -0.25) is 14.4 Å². The van der Waals surface area contributed by atoms with Crippen LogP contribution in [0, 0.1) is 5.82 Å². The summed E-state index contributed by atoms with van der Waals surface area (Å²) in [4.78, 5) is 13.6. The van der Waals surface area contributed by atoms with E-state index >= 15 is 0 Å². The van der Waals surface area contributed by atoms with Crippen molar-refractivity contribution in [3.05, 3.63) is 54.5 Å². The first kappa shape index (κ1) is 18.7. The van der Waals surface area contributed by atoms with Gasteiger partial charge in [0.05, 0.1) is 26.3 Å². The Labute approximate surface area is 146 Å². The van der Waals surface area contributed by atoms with E-state index in [0.717, 1.165) is 0 Å². The molecule has 6 nitrogen and oxygen atoms in total. The highest BCUT2D eigenvalue weighted by Gasteiger charge is 2.19. The van der Waals surface area contributed by atoms with Gasteiger partial charge in [-0.05, 0) is 31.2 Å². The lowest BCUT2D eigenvalue weighted by Crippen LogP contribution is -2.29. The molecule has 0 saturated heterocycles. The standard InChI is InChI=1S/C18H22FN3O3/c1-5-18(23)21(11-14-10-15(25-4)6-7-16(14)19)17-8-9-22(20-17)13(2)12-24-3/h5-10,13H,1,11-12H2,2-4H3. The number of hydrogen-bond acceptors (Lipinski definition) is 4. The zero-order valence-corrected chi connectivity index (χ0v) is 14.6. The van der Waals surface area contributed by atoms with Gasteiger partial charge in [-0.25, -0.2) is 4.39 Å². The van der Waals surface area contributed by atoms with E-state index in [0.29, 0.717) is 23.7 Å². The highest BCUT2D eigenvalue weighted by atomic mass is 19.1. The van der Waals surface area contributed by atoms with E-state index in [9.17, 15) is 9.18 Å². The zero-order chi connectivity index (χ0) is 18.4. The summed E-state index contributed by atoms with van der Waals surface area (Å²) in [5.41, 5.74) is 0.328. The lowest BCUT2D eigenvalue weighted by atomic mass is 10.2. The first-order chi connectivity index (χ1) is 12.0. The Morgan fingerprint density at radius 2 is 2.20 bits per heavy atom. The second-order valence-electron chi connectivity index (χ2n) is 5.54. The number of anilines is 1. The Bertz CT molecular complexity index is 745. The fraction of sp³-hybridized carbons (Fsp3) is 0.333. The highest BCUT2D eigenvalue weighted by Crippen LogP contribution is 2.22. The molecule has 0 aliphatic rings. The van der Waals surface area contributed by atoms with Crippen LogP contribution in [0.15, 0.2) is 43.1 Å². The Morgan fingerprint density at radius 1 is 1.44 bits per heavy atom. The number of rotatable bonds is 8. The Morgan fingerprint density at radius 3 is 2.84 bits per heavy atom. The molecule has 0 aliphatic carbocycles. The van der Waals surface area contributed by atoms with Gasteiger partial charge in [0, 0.05) is 24.9 Å². The highest BCUT2D eigenvalue weighted by molar-refractivity contribution is 6.00. The van der Waals surface area contributed by atoms with Crippen molar-refractivity contribution in [2.24, 2.45) is 0 Å². The smallest absolute Gasteiger partial charge is 0.251 e. The van der Waals surface area contributed by atoms with Crippen molar-refractivity contribution >= 4 is 11.7 Å². The molecule has 1 aromatic heterocycles. The molecule has 7 heteroatoms. The second kappa shape index (κ2) is 8.43. The topological polar surface area (TPSA) is 56.6 Å². The summed E-state index contributed by atoms with van der Waals surface area (Å²) in [6, 6.07) is 6.10. The molecular weight excluding hydrogens is 325 g/mol. The maximum Gasteiger partial charge on any atom is 0.251 e. The van der Waals surface area contributed by atoms with Gasteiger partial charge in [-0.2, -0.15) is 5.10 Å². The average molecular weight is 347 g/mol. The summed E-state index contributed by atoms with van der Waals surface area (Å²) in [7, 11) is 3.11. The van der Waals surface area contributed by atoms with E-state index in [2.05, 4.69) is 11.7 Å². The Balaban J connectivity index is 2.31. The van der Waals surface area contributed by atoms with E-state index in [1.165, 1.54) is 30.2 Å². The molecule has 0 N–H and O–H groups in total. The molecular formula is C18H22FN3O3. The van der Waals surface area contributed by atoms with Crippen LogP contribution in [-0.4, -0.2) is 36.5 Å². The average Bonchev–Trinajstić information content (AvgIpc) is 3.10. The lowest BCUT2D eigenvalue weighted by molar-refractivity contribution is -0.114. The SMILES string of the molecule is C=CC(=O)N(Cc1cc(OC)ccc1F)c1ccn(C(C)COC)n1. The minimum Gasteiger partial charge on any atom is -0.497 e. The van der Waals surface area contributed by atoms with E-state index < -0.39 is 5.82 Å². The molecule has 25 heavy (non-hydrogen) atoms. The van der Waals surface area contributed by atoms with Gasteiger partial charge in [0.1, 0.15) is 11.6 Å². The minimum atomic E-state index is -0.421. The van der Waals surface area contributed by atoms with Gasteiger partial charge in [0.25, 0.3) is 5.91 Å². The van der Waals surface area contributed by atoms with E-state index in [1.54, 1.807) is 30.1 Å². The van der Waals surface area contributed by atoms with Gasteiger partial charge in [-0.15, -0.1) is 0 Å². The fourth-order valence-electron chi connectivity index (χ4n) is 2.39. The van der Waals surface area contributed by atoms with E-state index in [4.69, 9.17) is 9.47 Å². The molecule has 0 aliphatic heterocycles. The molecule has 0 radical (unpaired) electrons. The maximum absolute atomic E-state index is 14.1. The van der Waals surface area contributed by atoms with Crippen LogP contribution in [0.4, 0.5) is 10.2 Å².